The minimum absolute atomic E-state index is 0.861. The summed E-state index contributed by atoms with van der Waals surface area (Å²) in [6.07, 6.45) is 6.69. The summed E-state index contributed by atoms with van der Waals surface area (Å²) >= 11 is 0. The van der Waals surface area contributed by atoms with Gasteiger partial charge in [-0.2, -0.15) is 0 Å². The number of hydrogen-bond donors (Lipinski definition) is 1. The Bertz CT molecular complexity index is 87.6. The number of nitrogens with zero attached hydrogens (tertiary/aromatic N) is 1. The second kappa shape index (κ2) is 5.56. The maximum atomic E-state index is 5.41. The summed E-state index contributed by atoms with van der Waals surface area (Å²) in [6, 6.07) is 0. The van der Waals surface area contributed by atoms with Crippen LogP contribution in [-0.4, -0.2) is 31.1 Å². The van der Waals surface area contributed by atoms with Crippen molar-refractivity contribution in [2.75, 3.05) is 26.2 Å². The molecule has 0 saturated carbocycles. The van der Waals surface area contributed by atoms with E-state index >= 15 is 0 Å². The number of unbranched alkanes of at least 4 members (excludes halogenated alkanes) is 2. The molecule has 2 heteroatoms. The van der Waals surface area contributed by atoms with Gasteiger partial charge in [0.05, 0.1) is 0 Å². The molecule has 0 spiro atoms. The highest BCUT2D eigenvalue weighted by molar-refractivity contribution is 4.65. The van der Waals surface area contributed by atoms with Gasteiger partial charge in [0.15, 0.2) is 0 Å². The molecule has 0 aliphatic carbocycles. The van der Waals surface area contributed by atoms with Gasteiger partial charge in [0.1, 0.15) is 0 Å². The summed E-state index contributed by atoms with van der Waals surface area (Å²) in [5, 5.41) is 0. The molecule has 0 aromatic heterocycles. The first-order valence-corrected chi connectivity index (χ1v) is 4.86. The molecule has 0 unspecified atom stereocenters. The highest BCUT2D eigenvalue weighted by Crippen LogP contribution is 2.08. The van der Waals surface area contributed by atoms with Crippen LogP contribution in [0.1, 0.15) is 32.1 Å². The molecule has 0 aromatic carbocycles. The van der Waals surface area contributed by atoms with Crippen LogP contribution in [0.2, 0.25) is 0 Å². The van der Waals surface area contributed by atoms with Gasteiger partial charge in [-0.05, 0) is 51.9 Å². The summed E-state index contributed by atoms with van der Waals surface area (Å²) in [5.74, 6) is 0. The largest absolute Gasteiger partial charge is 0.330 e. The first kappa shape index (κ1) is 9.01. The van der Waals surface area contributed by atoms with Gasteiger partial charge in [0.2, 0.25) is 0 Å². The van der Waals surface area contributed by atoms with Gasteiger partial charge in [-0.1, -0.05) is 6.42 Å². The van der Waals surface area contributed by atoms with E-state index in [2.05, 4.69) is 4.90 Å². The second-order valence-electron chi connectivity index (χ2n) is 3.40. The Kier molecular flexibility index (Phi) is 4.55. The lowest BCUT2D eigenvalue weighted by Gasteiger charge is -2.13. The number of hydrogen-bond acceptors (Lipinski definition) is 2. The lowest BCUT2D eigenvalue weighted by atomic mass is 10.2. The van der Waals surface area contributed by atoms with Gasteiger partial charge < -0.3 is 10.6 Å². The van der Waals surface area contributed by atoms with E-state index in [1.807, 2.05) is 0 Å². The molecule has 0 radical (unpaired) electrons. The van der Waals surface area contributed by atoms with E-state index in [4.69, 9.17) is 5.73 Å². The Morgan fingerprint density at radius 2 is 1.73 bits per heavy atom. The maximum Gasteiger partial charge on any atom is -0.00183 e. The fourth-order valence-electron chi connectivity index (χ4n) is 1.66. The fourth-order valence-corrected chi connectivity index (χ4v) is 1.66. The first-order valence-electron chi connectivity index (χ1n) is 4.86. The van der Waals surface area contributed by atoms with Gasteiger partial charge in [0, 0.05) is 0 Å². The monoisotopic (exact) mass is 156 g/mol. The zero-order valence-electron chi connectivity index (χ0n) is 7.39. The van der Waals surface area contributed by atoms with Crippen LogP contribution in [0.15, 0.2) is 0 Å². The normalized spacial score (nSPS) is 19.4. The average Bonchev–Trinajstić information content (AvgIpc) is 2.50. The van der Waals surface area contributed by atoms with Crippen LogP contribution in [0, 0.1) is 0 Å². The molecule has 0 aromatic rings. The van der Waals surface area contributed by atoms with Crippen molar-refractivity contribution in [2.24, 2.45) is 5.73 Å². The number of rotatable bonds is 5. The molecular weight excluding hydrogens is 136 g/mol. The van der Waals surface area contributed by atoms with Crippen molar-refractivity contribution < 1.29 is 0 Å². The highest BCUT2D eigenvalue weighted by Gasteiger charge is 2.09. The van der Waals surface area contributed by atoms with Crippen molar-refractivity contribution in [2.45, 2.75) is 32.1 Å². The van der Waals surface area contributed by atoms with Crippen molar-refractivity contribution in [1.82, 2.24) is 4.90 Å². The molecule has 0 amide bonds. The maximum absolute atomic E-state index is 5.41. The molecule has 1 heterocycles. The molecule has 1 rings (SSSR count). The van der Waals surface area contributed by atoms with Crippen LogP contribution in [0.25, 0.3) is 0 Å². The summed E-state index contributed by atoms with van der Waals surface area (Å²) in [5.41, 5.74) is 5.41. The lowest BCUT2D eigenvalue weighted by molar-refractivity contribution is 0.329. The van der Waals surface area contributed by atoms with E-state index in [9.17, 15) is 0 Å². The Balaban J connectivity index is 1.86. The van der Waals surface area contributed by atoms with E-state index in [-0.39, 0.29) is 0 Å². The van der Waals surface area contributed by atoms with Gasteiger partial charge >= 0.3 is 0 Å². The second-order valence-corrected chi connectivity index (χ2v) is 3.40. The van der Waals surface area contributed by atoms with Gasteiger partial charge in [-0.15, -0.1) is 0 Å². The SMILES string of the molecule is NCCCCCN1CCCC1. The molecule has 11 heavy (non-hydrogen) atoms. The van der Waals surface area contributed by atoms with E-state index in [1.165, 1.54) is 51.7 Å². The van der Waals surface area contributed by atoms with Crippen molar-refractivity contribution in [1.29, 1.82) is 0 Å². The predicted molar refractivity (Wildman–Crippen MR) is 48.6 cm³/mol. The Hall–Kier alpha value is -0.0800. The van der Waals surface area contributed by atoms with Gasteiger partial charge in [0.25, 0.3) is 0 Å². The summed E-state index contributed by atoms with van der Waals surface area (Å²) in [7, 11) is 0. The van der Waals surface area contributed by atoms with Gasteiger partial charge in [-0.3, -0.25) is 0 Å². The summed E-state index contributed by atoms with van der Waals surface area (Å²) in [4.78, 5) is 2.57. The minimum Gasteiger partial charge on any atom is -0.330 e. The average molecular weight is 156 g/mol. The van der Waals surface area contributed by atoms with Crippen molar-refractivity contribution in [3.8, 4) is 0 Å². The topological polar surface area (TPSA) is 29.3 Å². The van der Waals surface area contributed by atoms with E-state index in [1.54, 1.807) is 0 Å². The number of nitrogens with two attached hydrogens (primary N) is 1. The molecule has 1 aliphatic rings. The van der Waals surface area contributed by atoms with Gasteiger partial charge in [-0.25, -0.2) is 0 Å². The molecule has 66 valence electrons. The molecule has 1 aliphatic heterocycles. The van der Waals surface area contributed by atoms with Crippen LogP contribution in [0.5, 0.6) is 0 Å². The standard InChI is InChI=1S/C9H20N2/c10-6-2-1-3-7-11-8-4-5-9-11/h1-10H2. The minimum atomic E-state index is 0.861. The highest BCUT2D eigenvalue weighted by atomic mass is 15.1. The van der Waals surface area contributed by atoms with Crippen LogP contribution in [0.3, 0.4) is 0 Å². The fraction of sp³-hybridized carbons (Fsp3) is 1.00. The van der Waals surface area contributed by atoms with Crippen molar-refractivity contribution in [3.63, 3.8) is 0 Å². The van der Waals surface area contributed by atoms with Crippen LogP contribution in [0.4, 0.5) is 0 Å². The van der Waals surface area contributed by atoms with E-state index < -0.39 is 0 Å². The molecule has 1 fully saturated rings. The zero-order chi connectivity index (χ0) is 7.94. The van der Waals surface area contributed by atoms with Crippen LogP contribution >= 0.6 is 0 Å². The van der Waals surface area contributed by atoms with E-state index in [0.717, 1.165) is 6.54 Å². The lowest BCUT2D eigenvalue weighted by Crippen LogP contribution is -2.20. The summed E-state index contributed by atoms with van der Waals surface area (Å²) < 4.78 is 0. The third-order valence-electron chi connectivity index (χ3n) is 2.38. The molecular formula is C9H20N2. The molecule has 0 bridgehead atoms. The molecule has 0 atom stereocenters. The predicted octanol–water partition coefficient (Wildman–Crippen LogP) is 1.21. The van der Waals surface area contributed by atoms with Crippen molar-refractivity contribution >= 4 is 0 Å². The van der Waals surface area contributed by atoms with Crippen LogP contribution < -0.4 is 5.73 Å². The third kappa shape index (κ3) is 3.73. The smallest absolute Gasteiger partial charge is 0.00183 e. The first-order chi connectivity index (χ1) is 5.43. The Morgan fingerprint density at radius 3 is 2.36 bits per heavy atom. The summed E-state index contributed by atoms with van der Waals surface area (Å²) in [6.45, 7) is 4.84. The zero-order valence-corrected chi connectivity index (χ0v) is 7.39. The molecule has 2 nitrogen and oxygen atoms in total. The third-order valence-corrected chi connectivity index (χ3v) is 2.38. The molecule has 2 N–H and O–H groups in total. The quantitative estimate of drug-likeness (QED) is 0.606. The van der Waals surface area contributed by atoms with Crippen LogP contribution in [-0.2, 0) is 0 Å². The van der Waals surface area contributed by atoms with Crippen molar-refractivity contribution in [3.05, 3.63) is 0 Å². The molecule has 1 saturated heterocycles. The Labute approximate surface area is 69.8 Å². The van der Waals surface area contributed by atoms with E-state index in [0.29, 0.717) is 0 Å². The number of likely N-dealkylation sites (tertiary alicyclic amines) is 1. The Morgan fingerprint density at radius 1 is 1.00 bits per heavy atom.